The van der Waals surface area contributed by atoms with Crippen LogP contribution in [0.5, 0.6) is 5.75 Å². The molecule has 0 aliphatic carbocycles. The van der Waals surface area contributed by atoms with Gasteiger partial charge in [0, 0.05) is 37.9 Å². The van der Waals surface area contributed by atoms with E-state index < -0.39 is 0 Å². The summed E-state index contributed by atoms with van der Waals surface area (Å²) in [6, 6.07) is 11.1. The molecule has 1 aliphatic rings. The van der Waals surface area contributed by atoms with E-state index in [1.165, 1.54) is 19.3 Å². The Hall–Kier alpha value is -2.56. The number of nitrogens with zero attached hydrogens (tertiary/aromatic N) is 3. The minimum absolute atomic E-state index is 0.0265. The fourth-order valence-electron chi connectivity index (χ4n) is 3.31. The Balaban J connectivity index is 1.73. The molecule has 1 amide bonds. The predicted octanol–water partition coefficient (Wildman–Crippen LogP) is 3.44. The van der Waals surface area contributed by atoms with E-state index in [9.17, 15) is 9.90 Å². The van der Waals surface area contributed by atoms with Gasteiger partial charge in [0.2, 0.25) is 0 Å². The molecule has 0 saturated carbocycles. The van der Waals surface area contributed by atoms with Crippen molar-refractivity contribution in [1.29, 1.82) is 0 Å². The van der Waals surface area contributed by atoms with E-state index >= 15 is 0 Å². The molecule has 1 aromatic heterocycles. The van der Waals surface area contributed by atoms with Crippen LogP contribution in [0.3, 0.4) is 0 Å². The fraction of sp³-hybridized carbons (Fsp3) is 0.400. The van der Waals surface area contributed by atoms with E-state index in [4.69, 9.17) is 0 Å². The zero-order chi connectivity index (χ0) is 17.8. The second kappa shape index (κ2) is 7.55. The molecule has 5 heteroatoms. The largest absolute Gasteiger partial charge is 0.508 e. The van der Waals surface area contributed by atoms with Gasteiger partial charge in [-0.25, -0.2) is 4.98 Å². The van der Waals surface area contributed by atoms with Crippen molar-refractivity contribution in [3.63, 3.8) is 0 Å². The van der Waals surface area contributed by atoms with Crippen LogP contribution in [0, 0.1) is 0 Å². The Morgan fingerprint density at radius 2 is 2.04 bits per heavy atom. The molecule has 1 saturated heterocycles. The standard InChI is InChI=1S/C20H25N3O2/c1-15-5-3-4-12-23(15)19-13-17(10-11-21-19)20(25)22(2)14-16-6-8-18(24)9-7-16/h6-11,13,15,24H,3-5,12,14H2,1-2H3/t15-/m1/s1. The first-order chi connectivity index (χ1) is 12.0. The number of carbonyl (C=O) groups excluding carboxylic acids is 1. The molecule has 2 heterocycles. The van der Waals surface area contributed by atoms with E-state index in [2.05, 4.69) is 16.8 Å². The predicted molar refractivity (Wildman–Crippen MR) is 98.8 cm³/mol. The summed E-state index contributed by atoms with van der Waals surface area (Å²) in [6.07, 6.45) is 5.31. The monoisotopic (exact) mass is 339 g/mol. The smallest absolute Gasteiger partial charge is 0.254 e. The molecule has 0 spiro atoms. The van der Waals surface area contributed by atoms with E-state index in [1.54, 1.807) is 36.3 Å². The first kappa shape index (κ1) is 17.3. The minimum atomic E-state index is -0.0265. The molecule has 1 atom stereocenters. The van der Waals surface area contributed by atoms with E-state index in [-0.39, 0.29) is 11.7 Å². The second-order valence-electron chi connectivity index (χ2n) is 6.77. The first-order valence-electron chi connectivity index (χ1n) is 8.80. The maximum atomic E-state index is 12.8. The lowest BCUT2D eigenvalue weighted by atomic mass is 10.0. The topological polar surface area (TPSA) is 56.7 Å². The van der Waals surface area contributed by atoms with Gasteiger partial charge in [-0.2, -0.15) is 0 Å². The van der Waals surface area contributed by atoms with Crippen LogP contribution < -0.4 is 4.90 Å². The van der Waals surface area contributed by atoms with Crippen LogP contribution in [0.4, 0.5) is 5.82 Å². The summed E-state index contributed by atoms with van der Waals surface area (Å²) in [7, 11) is 1.79. The number of anilines is 1. The van der Waals surface area contributed by atoms with Crippen molar-refractivity contribution in [1.82, 2.24) is 9.88 Å². The Morgan fingerprint density at radius 3 is 2.76 bits per heavy atom. The summed E-state index contributed by atoms with van der Waals surface area (Å²) in [6.45, 7) is 3.71. The van der Waals surface area contributed by atoms with Crippen molar-refractivity contribution in [2.24, 2.45) is 0 Å². The number of pyridine rings is 1. The highest BCUT2D eigenvalue weighted by Crippen LogP contribution is 2.24. The third-order valence-corrected chi connectivity index (χ3v) is 4.79. The van der Waals surface area contributed by atoms with Crippen LogP contribution in [0.25, 0.3) is 0 Å². The van der Waals surface area contributed by atoms with Gasteiger partial charge in [0.1, 0.15) is 11.6 Å². The molecule has 2 aromatic rings. The minimum Gasteiger partial charge on any atom is -0.508 e. The molecule has 0 unspecified atom stereocenters. The Labute approximate surface area is 148 Å². The van der Waals surface area contributed by atoms with E-state index in [0.717, 1.165) is 17.9 Å². The lowest BCUT2D eigenvalue weighted by Gasteiger charge is -2.34. The normalized spacial score (nSPS) is 17.4. The number of aromatic nitrogens is 1. The number of aromatic hydroxyl groups is 1. The molecule has 1 aliphatic heterocycles. The molecule has 132 valence electrons. The summed E-state index contributed by atoms with van der Waals surface area (Å²) in [5.41, 5.74) is 1.64. The first-order valence-corrected chi connectivity index (χ1v) is 8.80. The third-order valence-electron chi connectivity index (χ3n) is 4.79. The SMILES string of the molecule is C[C@@H]1CCCCN1c1cc(C(=O)N(C)Cc2ccc(O)cc2)ccn1. The maximum Gasteiger partial charge on any atom is 0.254 e. The molecule has 1 fully saturated rings. The summed E-state index contributed by atoms with van der Waals surface area (Å²) in [5, 5.41) is 9.36. The lowest BCUT2D eigenvalue weighted by Crippen LogP contribution is -2.38. The van der Waals surface area contributed by atoms with Crippen LogP contribution in [-0.4, -0.2) is 40.5 Å². The van der Waals surface area contributed by atoms with Crippen LogP contribution in [0.2, 0.25) is 0 Å². The van der Waals surface area contributed by atoms with Gasteiger partial charge in [0.15, 0.2) is 0 Å². The van der Waals surface area contributed by atoms with Crippen LogP contribution in [0.1, 0.15) is 42.1 Å². The van der Waals surface area contributed by atoms with Gasteiger partial charge in [0.05, 0.1) is 0 Å². The number of benzene rings is 1. The van der Waals surface area contributed by atoms with Crippen molar-refractivity contribution >= 4 is 11.7 Å². The third kappa shape index (κ3) is 4.10. The second-order valence-corrected chi connectivity index (χ2v) is 6.77. The lowest BCUT2D eigenvalue weighted by molar-refractivity contribution is 0.0785. The number of phenols is 1. The number of hydrogen-bond acceptors (Lipinski definition) is 4. The van der Waals surface area contributed by atoms with Crippen molar-refractivity contribution < 1.29 is 9.90 Å². The molecule has 0 bridgehead atoms. The Kier molecular flexibility index (Phi) is 5.22. The highest BCUT2D eigenvalue weighted by atomic mass is 16.3. The number of piperidine rings is 1. The summed E-state index contributed by atoms with van der Waals surface area (Å²) in [5.74, 6) is 1.09. The van der Waals surface area contributed by atoms with Crippen LogP contribution in [0.15, 0.2) is 42.6 Å². The van der Waals surface area contributed by atoms with Gasteiger partial charge >= 0.3 is 0 Å². The molecule has 1 N–H and O–H groups in total. The molecule has 1 aromatic carbocycles. The molecule has 0 radical (unpaired) electrons. The van der Waals surface area contributed by atoms with Crippen molar-refractivity contribution in [2.45, 2.75) is 38.8 Å². The average molecular weight is 339 g/mol. The zero-order valence-electron chi connectivity index (χ0n) is 14.9. The molecule has 25 heavy (non-hydrogen) atoms. The molecule has 5 nitrogen and oxygen atoms in total. The van der Waals surface area contributed by atoms with Gasteiger partial charge in [-0.1, -0.05) is 12.1 Å². The van der Waals surface area contributed by atoms with Crippen molar-refractivity contribution in [3.05, 3.63) is 53.7 Å². The van der Waals surface area contributed by atoms with Gasteiger partial charge in [-0.3, -0.25) is 4.79 Å². The number of carbonyl (C=O) groups is 1. The highest BCUT2D eigenvalue weighted by molar-refractivity contribution is 5.94. The number of rotatable bonds is 4. The zero-order valence-corrected chi connectivity index (χ0v) is 14.9. The van der Waals surface area contributed by atoms with Gasteiger partial charge < -0.3 is 14.9 Å². The summed E-state index contributed by atoms with van der Waals surface area (Å²) in [4.78, 5) is 21.2. The average Bonchev–Trinajstić information content (AvgIpc) is 2.63. The van der Waals surface area contributed by atoms with E-state index in [0.29, 0.717) is 18.2 Å². The number of amides is 1. The molecule has 3 rings (SSSR count). The van der Waals surface area contributed by atoms with Gasteiger partial charge in [-0.05, 0) is 56.0 Å². The van der Waals surface area contributed by atoms with Gasteiger partial charge in [0.25, 0.3) is 5.91 Å². The fourth-order valence-corrected chi connectivity index (χ4v) is 3.31. The van der Waals surface area contributed by atoms with E-state index in [1.807, 2.05) is 18.2 Å². The van der Waals surface area contributed by atoms with Crippen LogP contribution >= 0.6 is 0 Å². The number of phenolic OH excluding ortho intramolecular Hbond substituents is 1. The Morgan fingerprint density at radius 1 is 1.28 bits per heavy atom. The summed E-state index contributed by atoms with van der Waals surface area (Å²) < 4.78 is 0. The van der Waals surface area contributed by atoms with Crippen LogP contribution in [-0.2, 0) is 6.54 Å². The highest BCUT2D eigenvalue weighted by Gasteiger charge is 2.21. The maximum absolute atomic E-state index is 12.8. The van der Waals surface area contributed by atoms with Crippen molar-refractivity contribution in [2.75, 3.05) is 18.5 Å². The Bertz CT molecular complexity index is 730. The molecular weight excluding hydrogens is 314 g/mol. The van der Waals surface area contributed by atoms with Crippen molar-refractivity contribution in [3.8, 4) is 5.75 Å². The quantitative estimate of drug-likeness (QED) is 0.927. The number of hydrogen-bond donors (Lipinski definition) is 1. The summed E-state index contributed by atoms with van der Waals surface area (Å²) >= 11 is 0. The molecular formula is C20H25N3O2. The van der Waals surface area contributed by atoms with Gasteiger partial charge in [-0.15, -0.1) is 0 Å².